The molecule has 17 heavy (non-hydrogen) atoms. The standard InChI is InChI=1S/C15H25NO/c1-2-6-14(7-3-1)10-16-11-15(17-14)9-12-4-5-13(15)8-12/h12-13,16H,1-11H2. The molecule has 0 aromatic rings. The Hall–Kier alpha value is -0.0800. The molecular formula is C15H25NO. The fraction of sp³-hybridized carbons (Fsp3) is 1.00. The number of nitrogens with one attached hydrogen (secondary N) is 1. The van der Waals surface area contributed by atoms with Crippen molar-refractivity contribution in [1.29, 1.82) is 0 Å². The first-order chi connectivity index (χ1) is 8.30. The summed E-state index contributed by atoms with van der Waals surface area (Å²) in [6.07, 6.45) is 12.5. The van der Waals surface area contributed by atoms with Crippen LogP contribution in [-0.4, -0.2) is 24.3 Å². The third-order valence-corrected chi connectivity index (χ3v) is 5.98. The maximum atomic E-state index is 6.83. The monoisotopic (exact) mass is 235 g/mol. The predicted octanol–water partition coefficient (Wildman–Crippen LogP) is 2.87. The van der Waals surface area contributed by atoms with E-state index in [1.165, 1.54) is 57.8 Å². The van der Waals surface area contributed by atoms with Crippen molar-refractivity contribution in [2.75, 3.05) is 13.1 Å². The van der Waals surface area contributed by atoms with E-state index in [0.29, 0.717) is 0 Å². The summed E-state index contributed by atoms with van der Waals surface area (Å²) in [6, 6.07) is 0. The first-order valence-corrected chi connectivity index (χ1v) is 7.71. The van der Waals surface area contributed by atoms with Crippen molar-refractivity contribution in [3.8, 4) is 0 Å². The largest absolute Gasteiger partial charge is 0.366 e. The van der Waals surface area contributed by atoms with Crippen molar-refractivity contribution in [2.24, 2.45) is 11.8 Å². The zero-order valence-corrected chi connectivity index (χ0v) is 10.8. The fourth-order valence-corrected chi connectivity index (χ4v) is 5.22. The van der Waals surface area contributed by atoms with Gasteiger partial charge in [-0.15, -0.1) is 0 Å². The van der Waals surface area contributed by atoms with Crippen LogP contribution in [0.5, 0.6) is 0 Å². The van der Waals surface area contributed by atoms with Gasteiger partial charge in [0, 0.05) is 13.1 Å². The second-order valence-corrected chi connectivity index (χ2v) is 7.09. The van der Waals surface area contributed by atoms with E-state index in [1.54, 1.807) is 0 Å². The summed E-state index contributed by atoms with van der Waals surface area (Å²) in [7, 11) is 0. The highest BCUT2D eigenvalue weighted by Crippen LogP contribution is 2.55. The topological polar surface area (TPSA) is 21.3 Å². The van der Waals surface area contributed by atoms with Crippen molar-refractivity contribution in [3.63, 3.8) is 0 Å². The van der Waals surface area contributed by atoms with Crippen molar-refractivity contribution in [3.05, 3.63) is 0 Å². The van der Waals surface area contributed by atoms with Gasteiger partial charge in [-0.05, 0) is 50.4 Å². The molecule has 2 heteroatoms. The van der Waals surface area contributed by atoms with E-state index in [9.17, 15) is 0 Å². The molecular weight excluding hydrogens is 210 g/mol. The molecule has 3 atom stereocenters. The zero-order valence-electron chi connectivity index (χ0n) is 10.8. The zero-order chi connectivity index (χ0) is 11.3. The summed E-state index contributed by atoms with van der Waals surface area (Å²) in [5.41, 5.74) is 0.472. The number of ether oxygens (including phenoxy) is 1. The SMILES string of the molecule is C1CCC2(CC1)CNCC1(CC3CCC1C3)O2. The van der Waals surface area contributed by atoms with E-state index in [4.69, 9.17) is 4.74 Å². The second kappa shape index (κ2) is 3.71. The van der Waals surface area contributed by atoms with Crippen molar-refractivity contribution in [1.82, 2.24) is 5.32 Å². The van der Waals surface area contributed by atoms with Gasteiger partial charge in [-0.2, -0.15) is 0 Å². The summed E-state index contributed by atoms with van der Waals surface area (Å²) in [4.78, 5) is 0. The Bertz CT molecular complexity index is 305. The van der Waals surface area contributed by atoms with Crippen LogP contribution in [0.3, 0.4) is 0 Å². The van der Waals surface area contributed by atoms with Crippen molar-refractivity contribution >= 4 is 0 Å². The van der Waals surface area contributed by atoms with Crippen LogP contribution in [0.2, 0.25) is 0 Å². The summed E-state index contributed by atoms with van der Waals surface area (Å²) in [5.74, 6) is 1.86. The molecule has 0 aromatic heterocycles. The molecule has 4 aliphatic rings. The van der Waals surface area contributed by atoms with E-state index in [1.807, 2.05) is 0 Å². The maximum absolute atomic E-state index is 6.83. The Kier molecular flexibility index (Phi) is 2.36. The predicted molar refractivity (Wildman–Crippen MR) is 67.9 cm³/mol. The first-order valence-electron chi connectivity index (χ1n) is 7.71. The normalized spacial score (nSPS) is 48.0. The van der Waals surface area contributed by atoms with Gasteiger partial charge in [-0.3, -0.25) is 0 Å². The van der Waals surface area contributed by atoms with Crippen LogP contribution in [0.25, 0.3) is 0 Å². The number of rotatable bonds is 0. The van der Waals surface area contributed by atoms with Gasteiger partial charge < -0.3 is 10.1 Å². The smallest absolute Gasteiger partial charge is 0.0845 e. The third-order valence-electron chi connectivity index (χ3n) is 5.98. The molecule has 2 bridgehead atoms. The minimum Gasteiger partial charge on any atom is -0.366 e. The van der Waals surface area contributed by atoms with E-state index in [0.717, 1.165) is 24.9 Å². The minimum atomic E-state index is 0.223. The maximum Gasteiger partial charge on any atom is 0.0845 e. The van der Waals surface area contributed by atoms with Crippen LogP contribution in [0.4, 0.5) is 0 Å². The molecule has 2 nitrogen and oxygen atoms in total. The lowest BCUT2D eigenvalue weighted by atomic mass is 9.77. The molecule has 0 aromatic carbocycles. The van der Waals surface area contributed by atoms with Gasteiger partial charge in [0.25, 0.3) is 0 Å². The lowest BCUT2D eigenvalue weighted by molar-refractivity contribution is -0.210. The van der Waals surface area contributed by atoms with Gasteiger partial charge in [0.1, 0.15) is 0 Å². The van der Waals surface area contributed by atoms with Crippen LogP contribution in [0, 0.1) is 11.8 Å². The van der Waals surface area contributed by atoms with Gasteiger partial charge in [0.2, 0.25) is 0 Å². The van der Waals surface area contributed by atoms with Crippen LogP contribution >= 0.6 is 0 Å². The highest BCUT2D eigenvalue weighted by molar-refractivity contribution is 5.08. The average molecular weight is 235 g/mol. The third kappa shape index (κ3) is 1.60. The van der Waals surface area contributed by atoms with Gasteiger partial charge in [0.05, 0.1) is 11.2 Å². The van der Waals surface area contributed by atoms with Crippen LogP contribution in [0.1, 0.15) is 57.8 Å². The highest BCUT2D eigenvalue weighted by Gasteiger charge is 2.56. The molecule has 3 unspecified atom stereocenters. The molecule has 4 rings (SSSR count). The molecule has 96 valence electrons. The Morgan fingerprint density at radius 1 is 1.00 bits per heavy atom. The van der Waals surface area contributed by atoms with Crippen LogP contribution in [0.15, 0.2) is 0 Å². The minimum absolute atomic E-state index is 0.223. The highest BCUT2D eigenvalue weighted by atomic mass is 16.5. The van der Waals surface area contributed by atoms with Gasteiger partial charge in [-0.25, -0.2) is 0 Å². The Labute approximate surface area is 104 Å². The van der Waals surface area contributed by atoms with E-state index < -0.39 is 0 Å². The number of morpholine rings is 1. The number of fused-ring (bicyclic) bond motifs is 3. The lowest BCUT2D eigenvalue weighted by Gasteiger charge is -2.52. The number of hydrogen-bond donors (Lipinski definition) is 1. The van der Waals surface area contributed by atoms with Gasteiger partial charge in [-0.1, -0.05) is 19.3 Å². The van der Waals surface area contributed by atoms with E-state index >= 15 is 0 Å². The lowest BCUT2D eigenvalue weighted by Crippen LogP contribution is -2.62. The second-order valence-electron chi connectivity index (χ2n) is 7.09. The Morgan fingerprint density at radius 2 is 1.88 bits per heavy atom. The molecule has 1 saturated heterocycles. The number of hydrogen-bond acceptors (Lipinski definition) is 2. The molecule has 0 radical (unpaired) electrons. The Balaban J connectivity index is 1.57. The molecule has 1 N–H and O–H groups in total. The van der Waals surface area contributed by atoms with Gasteiger partial charge >= 0.3 is 0 Å². The van der Waals surface area contributed by atoms with E-state index in [2.05, 4.69) is 5.32 Å². The summed E-state index contributed by atoms with van der Waals surface area (Å²) < 4.78 is 6.83. The van der Waals surface area contributed by atoms with E-state index in [-0.39, 0.29) is 11.2 Å². The molecule has 1 aliphatic heterocycles. The molecule has 4 fully saturated rings. The van der Waals surface area contributed by atoms with Crippen LogP contribution < -0.4 is 5.32 Å². The fourth-order valence-electron chi connectivity index (χ4n) is 5.22. The first kappa shape index (κ1) is 10.8. The molecule has 3 saturated carbocycles. The van der Waals surface area contributed by atoms with Crippen molar-refractivity contribution in [2.45, 2.75) is 69.0 Å². The molecule has 3 aliphatic carbocycles. The summed E-state index contributed by atoms with van der Waals surface area (Å²) >= 11 is 0. The summed E-state index contributed by atoms with van der Waals surface area (Å²) in [6.45, 7) is 2.25. The molecule has 2 spiro atoms. The van der Waals surface area contributed by atoms with Crippen molar-refractivity contribution < 1.29 is 4.74 Å². The molecule has 1 heterocycles. The van der Waals surface area contributed by atoms with Crippen LogP contribution in [-0.2, 0) is 4.74 Å². The molecule has 0 amide bonds. The van der Waals surface area contributed by atoms with Gasteiger partial charge in [0.15, 0.2) is 0 Å². The Morgan fingerprint density at radius 3 is 2.59 bits per heavy atom. The average Bonchev–Trinajstić information content (AvgIpc) is 2.90. The summed E-state index contributed by atoms with van der Waals surface area (Å²) in [5, 5.41) is 3.74. The quantitative estimate of drug-likeness (QED) is 0.697.